The first-order valence-electron chi connectivity index (χ1n) is 9.21. The summed E-state index contributed by atoms with van der Waals surface area (Å²) in [5.74, 6) is 0. The summed E-state index contributed by atoms with van der Waals surface area (Å²) in [6, 6.07) is 11.0. The minimum Gasteiger partial charge on any atom is -0.372 e. The lowest BCUT2D eigenvalue weighted by molar-refractivity contribution is -0.143. The van der Waals surface area contributed by atoms with Crippen LogP contribution in [0.1, 0.15) is 41.1 Å². The standard InChI is InChI=1S/C21H21F6NO/c1-28-9-5-8-18(19(28)15-6-3-2-4-7-15)29-13-14-10-16(20(22,23)24)12-17(11-14)21(25,26)27/h2-4,6-7,10-12,18-19H,5,8-9,13H2,1H3. The van der Waals surface area contributed by atoms with Crippen LogP contribution in [0.15, 0.2) is 48.5 Å². The van der Waals surface area contributed by atoms with E-state index in [0.29, 0.717) is 6.42 Å². The molecule has 1 aliphatic rings. The highest BCUT2D eigenvalue weighted by Gasteiger charge is 2.37. The maximum absolute atomic E-state index is 13.1. The summed E-state index contributed by atoms with van der Waals surface area (Å²) in [7, 11) is 1.93. The van der Waals surface area contributed by atoms with E-state index in [1.807, 2.05) is 37.4 Å². The Labute approximate surface area is 165 Å². The second-order valence-corrected chi connectivity index (χ2v) is 7.24. The van der Waals surface area contributed by atoms with Crippen LogP contribution in [-0.2, 0) is 23.7 Å². The second kappa shape index (κ2) is 8.36. The van der Waals surface area contributed by atoms with E-state index in [9.17, 15) is 26.3 Å². The van der Waals surface area contributed by atoms with Gasteiger partial charge in [0.2, 0.25) is 0 Å². The quantitative estimate of drug-likeness (QED) is 0.560. The van der Waals surface area contributed by atoms with Gasteiger partial charge in [0.25, 0.3) is 0 Å². The highest BCUT2D eigenvalue weighted by atomic mass is 19.4. The largest absolute Gasteiger partial charge is 0.416 e. The number of halogens is 6. The summed E-state index contributed by atoms with van der Waals surface area (Å²) in [4.78, 5) is 2.09. The molecule has 3 rings (SSSR count). The average molecular weight is 417 g/mol. The number of rotatable bonds is 4. The van der Waals surface area contributed by atoms with Gasteiger partial charge in [-0.1, -0.05) is 30.3 Å². The number of hydrogen-bond acceptors (Lipinski definition) is 2. The van der Waals surface area contributed by atoms with Gasteiger partial charge in [0.05, 0.1) is 29.9 Å². The van der Waals surface area contributed by atoms with Crippen LogP contribution in [0, 0.1) is 0 Å². The van der Waals surface area contributed by atoms with E-state index in [4.69, 9.17) is 4.74 Å². The third-order valence-electron chi connectivity index (χ3n) is 5.08. The molecule has 0 saturated carbocycles. The van der Waals surface area contributed by atoms with E-state index < -0.39 is 23.5 Å². The first kappa shape index (κ1) is 21.6. The number of nitrogens with zero attached hydrogens (tertiary/aromatic N) is 1. The van der Waals surface area contributed by atoms with Gasteiger partial charge in [-0.25, -0.2) is 0 Å². The highest BCUT2D eigenvalue weighted by molar-refractivity contribution is 5.33. The lowest BCUT2D eigenvalue weighted by Crippen LogP contribution is -2.40. The van der Waals surface area contributed by atoms with Crippen molar-refractivity contribution in [2.24, 2.45) is 0 Å². The molecule has 1 aliphatic heterocycles. The molecule has 0 aromatic heterocycles. The van der Waals surface area contributed by atoms with Crippen molar-refractivity contribution < 1.29 is 31.1 Å². The van der Waals surface area contributed by atoms with Crippen molar-refractivity contribution in [2.45, 2.75) is 43.9 Å². The third-order valence-corrected chi connectivity index (χ3v) is 5.08. The number of alkyl halides is 6. The van der Waals surface area contributed by atoms with Crippen molar-refractivity contribution in [1.29, 1.82) is 0 Å². The SMILES string of the molecule is CN1CCCC(OCc2cc(C(F)(F)F)cc(C(F)(F)F)c2)C1c1ccccc1. The molecule has 0 aliphatic carbocycles. The van der Waals surface area contributed by atoms with Crippen LogP contribution in [0.25, 0.3) is 0 Å². The molecule has 1 fully saturated rings. The zero-order valence-electron chi connectivity index (χ0n) is 15.7. The van der Waals surface area contributed by atoms with Crippen LogP contribution in [-0.4, -0.2) is 24.6 Å². The summed E-state index contributed by atoms with van der Waals surface area (Å²) in [5.41, 5.74) is -1.80. The maximum atomic E-state index is 13.1. The third kappa shape index (κ3) is 5.30. The van der Waals surface area contributed by atoms with Gasteiger partial charge >= 0.3 is 12.4 Å². The molecule has 1 heterocycles. The molecule has 0 radical (unpaired) electrons. The lowest BCUT2D eigenvalue weighted by atomic mass is 9.93. The fourth-order valence-corrected chi connectivity index (χ4v) is 3.72. The van der Waals surface area contributed by atoms with Crippen LogP contribution < -0.4 is 0 Å². The van der Waals surface area contributed by atoms with Gasteiger partial charge in [-0.2, -0.15) is 26.3 Å². The number of likely N-dealkylation sites (N-methyl/N-ethyl adjacent to an activating group) is 1. The van der Waals surface area contributed by atoms with Crippen molar-refractivity contribution in [1.82, 2.24) is 4.90 Å². The van der Waals surface area contributed by atoms with Gasteiger partial charge in [0.15, 0.2) is 0 Å². The molecule has 1 saturated heterocycles. The molecule has 0 spiro atoms. The smallest absolute Gasteiger partial charge is 0.372 e. The van der Waals surface area contributed by atoms with E-state index in [2.05, 4.69) is 4.90 Å². The van der Waals surface area contributed by atoms with Crippen molar-refractivity contribution in [3.05, 3.63) is 70.8 Å². The van der Waals surface area contributed by atoms with E-state index in [0.717, 1.165) is 30.7 Å². The van der Waals surface area contributed by atoms with Gasteiger partial charge in [-0.05, 0) is 55.8 Å². The Kier molecular flexibility index (Phi) is 6.24. The molecule has 8 heteroatoms. The molecule has 2 atom stereocenters. The number of benzene rings is 2. The van der Waals surface area contributed by atoms with Crippen LogP contribution in [0.3, 0.4) is 0 Å². The Morgan fingerprint density at radius 3 is 2.07 bits per heavy atom. The van der Waals surface area contributed by atoms with Crippen LogP contribution >= 0.6 is 0 Å². The molecule has 2 nitrogen and oxygen atoms in total. The Morgan fingerprint density at radius 2 is 1.52 bits per heavy atom. The van der Waals surface area contributed by atoms with Gasteiger partial charge in [0.1, 0.15) is 0 Å². The minimum atomic E-state index is -4.87. The van der Waals surface area contributed by atoms with Crippen molar-refractivity contribution in [3.8, 4) is 0 Å². The predicted molar refractivity (Wildman–Crippen MR) is 96.1 cm³/mol. The van der Waals surface area contributed by atoms with Gasteiger partial charge < -0.3 is 4.74 Å². The molecule has 2 aromatic rings. The average Bonchev–Trinajstić information content (AvgIpc) is 2.65. The zero-order chi connectivity index (χ0) is 21.2. The van der Waals surface area contributed by atoms with E-state index in [1.54, 1.807) is 0 Å². The highest BCUT2D eigenvalue weighted by Crippen LogP contribution is 2.37. The Morgan fingerprint density at radius 1 is 0.931 bits per heavy atom. The topological polar surface area (TPSA) is 12.5 Å². The van der Waals surface area contributed by atoms with Crippen molar-refractivity contribution in [3.63, 3.8) is 0 Å². The van der Waals surface area contributed by atoms with Gasteiger partial charge in [0, 0.05) is 0 Å². The summed E-state index contributed by atoms with van der Waals surface area (Å²) in [6.07, 6.45) is -8.56. The minimum absolute atomic E-state index is 0.113. The molecule has 29 heavy (non-hydrogen) atoms. The number of ether oxygens (including phenoxy) is 1. The van der Waals surface area contributed by atoms with Crippen molar-refractivity contribution in [2.75, 3.05) is 13.6 Å². The Balaban J connectivity index is 1.84. The molecular formula is C21H21F6NO. The summed E-state index contributed by atoms with van der Waals surface area (Å²) in [5, 5.41) is 0. The monoisotopic (exact) mass is 417 g/mol. The fourth-order valence-electron chi connectivity index (χ4n) is 3.72. The lowest BCUT2D eigenvalue weighted by Gasteiger charge is -2.39. The molecule has 0 N–H and O–H groups in total. The summed E-state index contributed by atoms with van der Waals surface area (Å²) >= 11 is 0. The molecular weight excluding hydrogens is 396 g/mol. The molecule has 0 bridgehead atoms. The number of piperidine rings is 1. The van der Waals surface area contributed by atoms with E-state index in [-0.39, 0.29) is 30.4 Å². The number of hydrogen-bond donors (Lipinski definition) is 0. The van der Waals surface area contributed by atoms with E-state index in [1.165, 1.54) is 0 Å². The van der Waals surface area contributed by atoms with Crippen LogP contribution in [0.5, 0.6) is 0 Å². The molecule has 2 aromatic carbocycles. The molecule has 2 unspecified atom stereocenters. The normalized spacial score (nSPS) is 21.3. The summed E-state index contributed by atoms with van der Waals surface area (Å²) in [6.45, 7) is 0.510. The Hall–Kier alpha value is -2.06. The zero-order valence-corrected chi connectivity index (χ0v) is 15.7. The van der Waals surface area contributed by atoms with Gasteiger partial charge in [-0.3, -0.25) is 4.90 Å². The van der Waals surface area contributed by atoms with Crippen molar-refractivity contribution >= 4 is 0 Å². The van der Waals surface area contributed by atoms with E-state index >= 15 is 0 Å². The van der Waals surface area contributed by atoms with Crippen LogP contribution in [0.2, 0.25) is 0 Å². The fraction of sp³-hybridized carbons (Fsp3) is 0.429. The number of likely N-dealkylation sites (tertiary alicyclic amines) is 1. The molecule has 158 valence electrons. The molecule has 0 amide bonds. The second-order valence-electron chi connectivity index (χ2n) is 7.24. The summed E-state index contributed by atoms with van der Waals surface area (Å²) < 4.78 is 84.2. The first-order chi connectivity index (χ1) is 13.6. The predicted octanol–water partition coefficient (Wildman–Crippen LogP) is 6.08. The van der Waals surface area contributed by atoms with Crippen LogP contribution in [0.4, 0.5) is 26.3 Å². The first-order valence-corrected chi connectivity index (χ1v) is 9.21. The maximum Gasteiger partial charge on any atom is 0.416 e. The van der Waals surface area contributed by atoms with Gasteiger partial charge in [-0.15, -0.1) is 0 Å². The Bertz CT molecular complexity index is 786.